The zero-order chi connectivity index (χ0) is 12.5. The Kier molecular flexibility index (Phi) is 5.86. The van der Waals surface area contributed by atoms with Crippen molar-refractivity contribution in [2.45, 2.75) is 25.9 Å². The molecule has 0 amide bonds. The van der Waals surface area contributed by atoms with E-state index >= 15 is 0 Å². The maximum atomic E-state index is 5.29. The van der Waals surface area contributed by atoms with Crippen molar-refractivity contribution in [3.8, 4) is 5.75 Å². The van der Waals surface area contributed by atoms with Gasteiger partial charge in [-0.1, -0.05) is 11.2 Å². The van der Waals surface area contributed by atoms with Gasteiger partial charge in [0.1, 0.15) is 11.9 Å². The van der Waals surface area contributed by atoms with Crippen molar-refractivity contribution in [3.63, 3.8) is 0 Å². The van der Waals surface area contributed by atoms with Crippen molar-refractivity contribution in [3.05, 3.63) is 42.5 Å². The van der Waals surface area contributed by atoms with E-state index in [1.807, 2.05) is 37.3 Å². The first kappa shape index (κ1) is 13.3. The quantitative estimate of drug-likeness (QED) is 0.410. The maximum absolute atomic E-state index is 5.29. The van der Waals surface area contributed by atoms with Gasteiger partial charge in [0, 0.05) is 0 Å². The molecule has 0 heterocycles. The van der Waals surface area contributed by atoms with E-state index < -0.39 is 0 Å². The van der Waals surface area contributed by atoms with Crippen LogP contribution in [0.25, 0.3) is 0 Å². The van der Waals surface area contributed by atoms with Gasteiger partial charge in [0.25, 0.3) is 0 Å². The molecule has 1 aromatic rings. The molecule has 0 N–H and O–H groups in total. The van der Waals surface area contributed by atoms with Crippen LogP contribution in [0, 0.1) is 0 Å². The van der Waals surface area contributed by atoms with Gasteiger partial charge in [0.2, 0.25) is 0 Å². The van der Waals surface area contributed by atoms with Crippen molar-refractivity contribution >= 4 is 6.21 Å². The Labute approximate surface area is 103 Å². The lowest BCUT2D eigenvalue weighted by Crippen LogP contribution is -2.03. The highest BCUT2D eigenvalue weighted by Gasteiger charge is 1.98. The van der Waals surface area contributed by atoms with Crippen LogP contribution < -0.4 is 4.74 Å². The number of ether oxygens (including phenoxy) is 1. The molecule has 92 valence electrons. The molecule has 0 saturated carbocycles. The Morgan fingerprint density at radius 2 is 2.06 bits per heavy atom. The third-order valence-electron chi connectivity index (χ3n) is 2.34. The highest BCUT2D eigenvalue weighted by molar-refractivity contribution is 5.79. The van der Waals surface area contributed by atoms with Crippen LogP contribution in [-0.4, -0.2) is 19.4 Å². The molecule has 0 aliphatic rings. The first-order chi connectivity index (χ1) is 8.26. The summed E-state index contributed by atoms with van der Waals surface area (Å²) in [6, 6.07) is 7.64. The Balaban J connectivity index is 2.39. The van der Waals surface area contributed by atoms with E-state index in [9.17, 15) is 0 Å². The van der Waals surface area contributed by atoms with Gasteiger partial charge in [0.05, 0.1) is 13.3 Å². The highest BCUT2D eigenvalue weighted by Crippen LogP contribution is 2.10. The molecular formula is C14H19NO2. The number of methoxy groups -OCH3 is 1. The molecule has 1 unspecified atom stereocenters. The maximum Gasteiger partial charge on any atom is 0.125 e. The van der Waals surface area contributed by atoms with Crippen molar-refractivity contribution in [2.24, 2.45) is 5.16 Å². The van der Waals surface area contributed by atoms with Crippen LogP contribution in [0.3, 0.4) is 0 Å². The average Bonchev–Trinajstić information content (AvgIpc) is 2.37. The molecule has 0 spiro atoms. The minimum absolute atomic E-state index is 0.113. The molecule has 0 fully saturated rings. The normalized spacial score (nSPS) is 12.4. The van der Waals surface area contributed by atoms with Crippen molar-refractivity contribution in [1.82, 2.24) is 0 Å². The molecule has 17 heavy (non-hydrogen) atoms. The number of hydrogen-bond donors (Lipinski definition) is 0. The van der Waals surface area contributed by atoms with Crippen molar-refractivity contribution in [2.75, 3.05) is 7.11 Å². The minimum Gasteiger partial charge on any atom is -0.497 e. The zero-order valence-corrected chi connectivity index (χ0v) is 10.4. The number of hydrogen-bond acceptors (Lipinski definition) is 3. The van der Waals surface area contributed by atoms with Gasteiger partial charge >= 0.3 is 0 Å². The molecule has 0 radical (unpaired) electrons. The minimum atomic E-state index is 0.113. The van der Waals surface area contributed by atoms with Crippen LogP contribution in [0.2, 0.25) is 0 Å². The molecule has 3 nitrogen and oxygen atoms in total. The zero-order valence-electron chi connectivity index (χ0n) is 10.4. The van der Waals surface area contributed by atoms with E-state index in [0.29, 0.717) is 0 Å². The molecule has 1 aromatic carbocycles. The SMILES string of the molecule is C=CCCC(C)O/N=C/c1ccc(OC)cc1. The number of allylic oxidation sites excluding steroid dienone is 1. The fourth-order valence-corrected chi connectivity index (χ4v) is 1.29. The summed E-state index contributed by atoms with van der Waals surface area (Å²) in [5.74, 6) is 0.836. The van der Waals surface area contributed by atoms with E-state index in [4.69, 9.17) is 9.57 Å². The van der Waals surface area contributed by atoms with Crippen LogP contribution in [0.1, 0.15) is 25.3 Å². The summed E-state index contributed by atoms with van der Waals surface area (Å²) >= 11 is 0. The average molecular weight is 233 g/mol. The predicted molar refractivity (Wildman–Crippen MR) is 70.6 cm³/mol. The molecular weight excluding hydrogens is 214 g/mol. The molecule has 3 heteroatoms. The summed E-state index contributed by atoms with van der Waals surface area (Å²) in [5.41, 5.74) is 0.988. The lowest BCUT2D eigenvalue weighted by Gasteiger charge is -2.06. The molecule has 0 saturated heterocycles. The highest BCUT2D eigenvalue weighted by atomic mass is 16.6. The van der Waals surface area contributed by atoms with Gasteiger partial charge in [0.15, 0.2) is 0 Å². The monoisotopic (exact) mass is 233 g/mol. The predicted octanol–water partition coefficient (Wildman–Crippen LogP) is 3.40. The first-order valence-corrected chi connectivity index (χ1v) is 5.70. The van der Waals surface area contributed by atoms with Crippen LogP contribution in [0.5, 0.6) is 5.75 Å². The van der Waals surface area contributed by atoms with Crippen molar-refractivity contribution < 1.29 is 9.57 Å². The molecule has 1 atom stereocenters. The summed E-state index contributed by atoms with van der Waals surface area (Å²) in [6.07, 6.45) is 5.57. The van der Waals surface area contributed by atoms with Gasteiger partial charge in [-0.3, -0.25) is 0 Å². The third kappa shape index (κ3) is 5.20. The second-order valence-electron chi connectivity index (χ2n) is 3.79. The summed E-state index contributed by atoms with van der Waals surface area (Å²) in [4.78, 5) is 5.29. The summed E-state index contributed by atoms with van der Waals surface area (Å²) in [6.45, 7) is 5.67. The van der Waals surface area contributed by atoms with Gasteiger partial charge in [-0.05, 0) is 49.6 Å². The molecule has 0 aliphatic carbocycles. The summed E-state index contributed by atoms with van der Waals surface area (Å²) in [5, 5.41) is 3.95. The Bertz CT molecular complexity index is 357. The molecule has 0 bridgehead atoms. The Morgan fingerprint density at radius 3 is 2.65 bits per heavy atom. The summed E-state index contributed by atoms with van der Waals surface area (Å²) in [7, 11) is 1.65. The van der Waals surface area contributed by atoms with E-state index in [1.165, 1.54) is 0 Å². The van der Waals surface area contributed by atoms with Gasteiger partial charge in [-0.2, -0.15) is 0 Å². The van der Waals surface area contributed by atoms with Crippen LogP contribution in [-0.2, 0) is 4.84 Å². The largest absolute Gasteiger partial charge is 0.497 e. The van der Waals surface area contributed by atoms with Crippen LogP contribution in [0.4, 0.5) is 0 Å². The van der Waals surface area contributed by atoms with Gasteiger partial charge < -0.3 is 9.57 Å². The topological polar surface area (TPSA) is 30.8 Å². The first-order valence-electron chi connectivity index (χ1n) is 5.70. The molecule has 0 aromatic heterocycles. The van der Waals surface area contributed by atoms with Crippen molar-refractivity contribution in [1.29, 1.82) is 0 Å². The van der Waals surface area contributed by atoms with E-state index in [1.54, 1.807) is 13.3 Å². The fraction of sp³-hybridized carbons (Fsp3) is 0.357. The van der Waals surface area contributed by atoms with Gasteiger partial charge in [-0.25, -0.2) is 0 Å². The second kappa shape index (κ2) is 7.49. The molecule has 0 aliphatic heterocycles. The Hall–Kier alpha value is -1.77. The van der Waals surface area contributed by atoms with Gasteiger partial charge in [-0.15, -0.1) is 6.58 Å². The Morgan fingerprint density at radius 1 is 1.35 bits per heavy atom. The van der Waals surface area contributed by atoms with Crippen LogP contribution >= 0.6 is 0 Å². The number of rotatable bonds is 7. The lowest BCUT2D eigenvalue weighted by molar-refractivity contribution is 0.0684. The number of oxime groups is 1. The summed E-state index contributed by atoms with van der Waals surface area (Å²) < 4.78 is 5.07. The third-order valence-corrected chi connectivity index (χ3v) is 2.34. The van der Waals surface area contributed by atoms with E-state index in [0.717, 1.165) is 24.2 Å². The van der Waals surface area contributed by atoms with E-state index in [2.05, 4.69) is 11.7 Å². The van der Waals surface area contributed by atoms with E-state index in [-0.39, 0.29) is 6.10 Å². The standard InChI is InChI=1S/C14H19NO2/c1-4-5-6-12(2)17-15-11-13-7-9-14(16-3)10-8-13/h4,7-12H,1,5-6H2,2-3H3/b15-11+. The second-order valence-corrected chi connectivity index (χ2v) is 3.79. The number of nitrogens with zero attached hydrogens (tertiary/aromatic N) is 1. The fourth-order valence-electron chi connectivity index (χ4n) is 1.29. The molecule has 1 rings (SSSR count). The van der Waals surface area contributed by atoms with Crippen LogP contribution in [0.15, 0.2) is 42.1 Å². The lowest BCUT2D eigenvalue weighted by atomic mass is 10.2. The smallest absolute Gasteiger partial charge is 0.125 e. The number of benzene rings is 1.